The van der Waals surface area contributed by atoms with Gasteiger partial charge < -0.3 is 5.11 Å². The number of hydrogen-bond acceptors (Lipinski definition) is 2. The molecule has 0 unspecified atom stereocenters. The van der Waals surface area contributed by atoms with E-state index in [9.17, 15) is 5.11 Å². The van der Waals surface area contributed by atoms with Crippen LogP contribution in [-0.4, -0.2) is 35.7 Å². The highest BCUT2D eigenvalue weighted by Crippen LogP contribution is 2.43. The molecule has 0 amide bonds. The zero-order valence-corrected chi connectivity index (χ0v) is 10.0. The van der Waals surface area contributed by atoms with Crippen molar-refractivity contribution in [1.82, 2.24) is 4.90 Å². The molecule has 0 aromatic carbocycles. The van der Waals surface area contributed by atoms with Crippen molar-refractivity contribution in [3.63, 3.8) is 0 Å². The summed E-state index contributed by atoms with van der Waals surface area (Å²) < 4.78 is 0. The van der Waals surface area contributed by atoms with E-state index >= 15 is 0 Å². The first-order chi connectivity index (χ1) is 7.29. The lowest BCUT2D eigenvalue weighted by Crippen LogP contribution is -2.60. The Balaban J connectivity index is 1.84. The number of hydrogen-bond donors (Lipinski definition) is 1. The van der Waals surface area contributed by atoms with Gasteiger partial charge >= 0.3 is 0 Å². The Morgan fingerprint density at radius 2 is 1.73 bits per heavy atom. The van der Waals surface area contributed by atoms with Crippen LogP contribution in [0.2, 0.25) is 0 Å². The van der Waals surface area contributed by atoms with Gasteiger partial charge in [0.2, 0.25) is 0 Å². The Hall–Kier alpha value is -0.0800. The summed E-state index contributed by atoms with van der Waals surface area (Å²) in [5, 5.41) is 9.26. The lowest BCUT2D eigenvalue weighted by atomic mass is 9.73. The minimum atomic E-state index is 0.340. The summed E-state index contributed by atoms with van der Waals surface area (Å²) >= 11 is 0. The van der Waals surface area contributed by atoms with Crippen LogP contribution in [0.25, 0.3) is 0 Å². The maximum absolute atomic E-state index is 9.26. The highest BCUT2D eigenvalue weighted by Gasteiger charge is 2.44. The summed E-state index contributed by atoms with van der Waals surface area (Å²) in [5.74, 6) is 0. The SMILES string of the molecule is CC[C@@H](CO)N1CC2(CCCCCC2)C1. The van der Waals surface area contributed by atoms with Crippen LogP contribution < -0.4 is 0 Å². The van der Waals surface area contributed by atoms with Crippen LogP contribution >= 0.6 is 0 Å². The summed E-state index contributed by atoms with van der Waals surface area (Å²) in [5.41, 5.74) is 0.652. The number of nitrogens with zero attached hydrogens (tertiary/aromatic N) is 1. The number of aliphatic hydroxyl groups excluding tert-OH is 1. The molecule has 1 aliphatic carbocycles. The molecule has 1 saturated heterocycles. The van der Waals surface area contributed by atoms with Gasteiger partial charge in [-0.05, 0) is 24.7 Å². The van der Waals surface area contributed by atoms with E-state index in [-0.39, 0.29) is 0 Å². The molecule has 0 aromatic rings. The van der Waals surface area contributed by atoms with Gasteiger partial charge in [-0.3, -0.25) is 4.90 Å². The maximum atomic E-state index is 9.26. The van der Waals surface area contributed by atoms with Gasteiger partial charge in [0.25, 0.3) is 0 Å². The molecule has 2 aliphatic rings. The molecule has 2 rings (SSSR count). The van der Waals surface area contributed by atoms with E-state index in [0.717, 1.165) is 6.42 Å². The largest absolute Gasteiger partial charge is 0.395 e. The predicted octanol–water partition coefficient (Wildman–Crippen LogP) is 2.41. The smallest absolute Gasteiger partial charge is 0.0586 e. The van der Waals surface area contributed by atoms with Crippen LogP contribution in [0.3, 0.4) is 0 Å². The Bertz CT molecular complexity index is 185. The maximum Gasteiger partial charge on any atom is 0.0586 e. The molecule has 1 N–H and O–H groups in total. The lowest BCUT2D eigenvalue weighted by Gasteiger charge is -2.53. The summed E-state index contributed by atoms with van der Waals surface area (Å²) in [6.45, 7) is 5.03. The second-order valence-corrected chi connectivity index (χ2v) is 5.56. The first-order valence-corrected chi connectivity index (χ1v) is 6.64. The predicted molar refractivity (Wildman–Crippen MR) is 62.9 cm³/mol. The lowest BCUT2D eigenvalue weighted by molar-refractivity contribution is -0.0556. The van der Waals surface area contributed by atoms with Gasteiger partial charge in [-0.25, -0.2) is 0 Å². The summed E-state index contributed by atoms with van der Waals surface area (Å²) in [6, 6.07) is 0.430. The van der Waals surface area contributed by atoms with Crippen LogP contribution in [0.4, 0.5) is 0 Å². The minimum Gasteiger partial charge on any atom is -0.395 e. The molecule has 1 saturated carbocycles. The Morgan fingerprint density at radius 3 is 2.20 bits per heavy atom. The van der Waals surface area contributed by atoms with E-state index in [2.05, 4.69) is 11.8 Å². The molecule has 0 aromatic heterocycles. The zero-order chi connectivity index (χ0) is 10.7. The highest BCUT2D eigenvalue weighted by atomic mass is 16.3. The molecule has 2 heteroatoms. The van der Waals surface area contributed by atoms with Crippen molar-refractivity contribution < 1.29 is 5.11 Å². The topological polar surface area (TPSA) is 23.5 Å². The van der Waals surface area contributed by atoms with Crippen LogP contribution in [0.1, 0.15) is 51.9 Å². The number of rotatable bonds is 3. The molecule has 0 radical (unpaired) electrons. The van der Waals surface area contributed by atoms with Gasteiger partial charge in [-0.15, -0.1) is 0 Å². The van der Waals surface area contributed by atoms with Crippen molar-refractivity contribution in [3.05, 3.63) is 0 Å². The second kappa shape index (κ2) is 4.84. The van der Waals surface area contributed by atoms with Gasteiger partial charge in [0, 0.05) is 19.1 Å². The average molecular weight is 211 g/mol. The standard InChI is InChI=1S/C13H25NO/c1-2-12(9-15)14-10-13(11-14)7-5-3-4-6-8-13/h12,15H,2-11H2,1H3/t12-/m0/s1. The molecular weight excluding hydrogens is 186 g/mol. The van der Waals surface area contributed by atoms with E-state index in [1.165, 1.54) is 51.6 Å². The first kappa shape index (κ1) is 11.4. The molecule has 2 nitrogen and oxygen atoms in total. The molecule has 1 aliphatic heterocycles. The quantitative estimate of drug-likeness (QED) is 0.775. The molecule has 1 spiro atoms. The molecule has 15 heavy (non-hydrogen) atoms. The van der Waals surface area contributed by atoms with Crippen molar-refractivity contribution in [3.8, 4) is 0 Å². The summed E-state index contributed by atoms with van der Waals surface area (Å²) in [4.78, 5) is 2.49. The highest BCUT2D eigenvalue weighted by molar-refractivity contribution is 4.97. The second-order valence-electron chi connectivity index (χ2n) is 5.56. The van der Waals surface area contributed by atoms with Gasteiger partial charge in [-0.1, -0.05) is 32.6 Å². The van der Waals surface area contributed by atoms with Crippen molar-refractivity contribution >= 4 is 0 Å². The Labute approximate surface area is 93.7 Å². The van der Waals surface area contributed by atoms with Crippen molar-refractivity contribution in [2.45, 2.75) is 57.9 Å². The van der Waals surface area contributed by atoms with Crippen LogP contribution in [-0.2, 0) is 0 Å². The molecule has 2 fully saturated rings. The zero-order valence-electron chi connectivity index (χ0n) is 10.0. The fourth-order valence-electron chi connectivity index (χ4n) is 3.37. The van der Waals surface area contributed by atoms with Gasteiger partial charge in [0.15, 0.2) is 0 Å². The number of aliphatic hydroxyl groups is 1. The van der Waals surface area contributed by atoms with Crippen molar-refractivity contribution in [2.24, 2.45) is 5.41 Å². The Morgan fingerprint density at radius 1 is 1.13 bits per heavy atom. The fraction of sp³-hybridized carbons (Fsp3) is 1.00. The first-order valence-electron chi connectivity index (χ1n) is 6.64. The molecule has 1 atom stereocenters. The molecule has 88 valence electrons. The third-order valence-corrected chi connectivity index (χ3v) is 4.44. The third kappa shape index (κ3) is 2.36. The Kier molecular flexibility index (Phi) is 3.68. The van der Waals surface area contributed by atoms with Gasteiger partial charge in [0.05, 0.1) is 6.61 Å². The average Bonchev–Trinajstić information content (AvgIpc) is 2.44. The number of likely N-dealkylation sites (tertiary alicyclic amines) is 1. The summed E-state index contributed by atoms with van der Waals surface area (Å²) in [7, 11) is 0. The van der Waals surface area contributed by atoms with Crippen LogP contribution in [0, 0.1) is 5.41 Å². The monoisotopic (exact) mass is 211 g/mol. The minimum absolute atomic E-state index is 0.340. The molecule has 0 bridgehead atoms. The van der Waals surface area contributed by atoms with E-state index in [1.54, 1.807) is 0 Å². The molecule has 1 heterocycles. The van der Waals surface area contributed by atoms with Crippen molar-refractivity contribution in [1.29, 1.82) is 0 Å². The van der Waals surface area contributed by atoms with E-state index in [4.69, 9.17) is 0 Å². The fourth-order valence-corrected chi connectivity index (χ4v) is 3.37. The van der Waals surface area contributed by atoms with E-state index in [1.807, 2.05) is 0 Å². The normalized spacial score (nSPS) is 28.4. The third-order valence-electron chi connectivity index (χ3n) is 4.44. The van der Waals surface area contributed by atoms with Crippen molar-refractivity contribution in [2.75, 3.05) is 19.7 Å². The van der Waals surface area contributed by atoms with E-state index in [0.29, 0.717) is 18.1 Å². The van der Waals surface area contributed by atoms with Gasteiger partial charge in [-0.2, -0.15) is 0 Å². The summed E-state index contributed by atoms with van der Waals surface area (Å²) in [6.07, 6.45) is 9.72. The van der Waals surface area contributed by atoms with Crippen LogP contribution in [0.15, 0.2) is 0 Å². The van der Waals surface area contributed by atoms with E-state index < -0.39 is 0 Å². The molecular formula is C13H25NO. The van der Waals surface area contributed by atoms with Crippen LogP contribution in [0.5, 0.6) is 0 Å². The van der Waals surface area contributed by atoms with Gasteiger partial charge in [0.1, 0.15) is 0 Å².